The predicted octanol–water partition coefficient (Wildman–Crippen LogP) is 4.58. The summed E-state index contributed by atoms with van der Waals surface area (Å²) >= 11 is 5.91. The largest absolute Gasteiger partial charge is 0.452 e. The Morgan fingerprint density at radius 2 is 1.79 bits per heavy atom. The molecule has 0 aliphatic heterocycles. The molecule has 0 bridgehead atoms. The maximum atomic E-state index is 13.2. The molecule has 0 unspecified atom stereocenters. The molecular weight excluding hydrogens is 395 g/mol. The highest BCUT2D eigenvalue weighted by atomic mass is 35.5. The highest BCUT2D eigenvalue weighted by molar-refractivity contribution is 6.31. The molecule has 1 aliphatic rings. The summed E-state index contributed by atoms with van der Waals surface area (Å²) in [6.07, 6.45) is 5.07. The summed E-state index contributed by atoms with van der Waals surface area (Å²) < 4.78 is 18.4. The Morgan fingerprint density at radius 1 is 1.10 bits per heavy atom. The van der Waals surface area contributed by atoms with E-state index in [0.717, 1.165) is 37.7 Å². The zero-order chi connectivity index (χ0) is 20.8. The number of nitrogen functional groups attached to an aromatic ring is 1. The quantitative estimate of drug-likeness (QED) is 0.550. The van der Waals surface area contributed by atoms with Gasteiger partial charge in [-0.15, -0.1) is 0 Å². The van der Waals surface area contributed by atoms with Gasteiger partial charge in [-0.1, -0.05) is 43.0 Å². The molecule has 2 aromatic carbocycles. The van der Waals surface area contributed by atoms with E-state index in [0.29, 0.717) is 11.6 Å². The number of nitrogens with two attached hydrogens (primary N) is 1. The van der Waals surface area contributed by atoms with E-state index in [2.05, 4.69) is 0 Å². The fourth-order valence-electron chi connectivity index (χ4n) is 3.59. The minimum Gasteiger partial charge on any atom is -0.452 e. The lowest BCUT2D eigenvalue weighted by Gasteiger charge is -2.34. The van der Waals surface area contributed by atoms with Crippen molar-refractivity contribution in [2.45, 2.75) is 44.7 Å². The van der Waals surface area contributed by atoms with E-state index < -0.39 is 5.97 Å². The zero-order valence-electron chi connectivity index (χ0n) is 16.1. The van der Waals surface area contributed by atoms with Gasteiger partial charge in [-0.3, -0.25) is 4.79 Å². The van der Waals surface area contributed by atoms with Crippen LogP contribution in [0.5, 0.6) is 0 Å². The van der Waals surface area contributed by atoms with Crippen molar-refractivity contribution in [3.63, 3.8) is 0 Å². The molecule has 1 amide bonds. The topological polar surface area (TPSA) is 72.6 Å². The molecule has 2 N–H and O–H groups in total. The fraction of sp³-hybridized carbons (Fsp3) is 0.364. The van der Waals surface area contributed by atoms with Gasteiger partial charge in [-0.05, 0) is 48.7 Å². The van der Waals surface area contributed by atoms with Gasteiger partial charge in [-0.2, -0.15) is 0 Å². The van der Waals surface area contributed by atoms with Crippen molar-refractivity contribution >= 4 is 29.2 Å². The molecule has 1 fully saturated rings. The van der Waals surface area contributed by atoms with E-state index in [1.165, 1.54) is 24.3 Å². The van der Waals surface area contributed by atoms with Gasteiger partial charge in [0, 0.05) is 23.3 Å². The smallest absolute Gasteiger partial charge is 0.340 e. The molecule has 29 heavy (non-hydrogen) atoms. The summed E-state index contributed by atoms with van der Waals surface area (Å²) in [4.78, 5) is 27.0. The second-order valence-corrected chi connectivity index (χ2v) is 7.68. The second-order valence-electron chi connectivity index (χ2n) is 7.25. The van der Waals surface area contributed by atoms with Crippen LogP contribution in [0.3, 0.4) is 0 Å². The summed E-state index contributed by atoms with van der Waals surface area (Å²) in [5, 5.41) is 0.359. The predicted molar refractivity (Wildman–Crippen MR) is 110 cm³/mol. The molecule has 0 atom stereocenters. The third kappa shape index (κ3) is 5.70. The summed E-state index contributed by atoms with van der Waals surface area (Å²) in [6, 6.07) is 10.7. The Labute approximate surface area is 174 Å². The molecule has 0 radical (unpaired) electrons. The number of rotatable bonds is 6. The van der Waals surface area contributed by atoms with Crippen LogP contribution < -0.4 is 5.73 Å². The Balaban J connectivity index is 1.69. The van der Waals surface area contributed by atoms with Gasteiger partial charge in [0.05, 0.1) is 5.56 Å². The molecule has 3 rings (SSSR count). The fourth-order valence-corrected chi connectivity index (χ4v) is 3.77. The summed E-state index contributed by atoms with van der Waals surface area (Å²) in [5.74, 6) is -1.30. The first-order valence-corrected chi connectivity index (χ1v) is 10.1. The molecule has 0 aromatic heterocycles. The van der Waals surface area contributed by atoms with Gasteiger partial charge in [0.2, 0.25) is 0 Å². The standard InChI is InChI=1S/C22H24ClFN2O3/c23-16-8-11-20(25)19(12-16)22(28)29-14-21(27)26(18-4-2-1-3-5-18)13-15-6-9-17(24)10-7-15/h6-12,18H,1-5,13-14,25H2. The molecule has 0 spiro atoms. The SMILES string of the molecule is Nc1ccc(Cl)cc1C(=O)OCC(=O)N(Cc1ccc(F)cc1)C1CCCCC1. The van der Waals surface area contributed by atoms with Crippen LogP contribution in [-0.2, 0) is 16.1 Å². The normalized spacial score (nSPS) is 14.4. The third-order valence-corrected chi connectivity index (χ3v) is 5.40. The van der Waals surface area contributed by atoms with Gasteiger partial charge < -0.3 is 15.4 Å². The van der Waals surface area contributed by atoms with Crippen molar-refractivity contribution in [1.29, 1.82) is 0 Å². The number of halogens is 2. The number of nitrogens with zero attached hydrogens (tertiary/aromatic N) is 1. The summed E-state index contributed by atoms with van der Waals surface area (Å²) in [5.41, 5.74) is 7.00. The summed E-state index contributed by atoms with van der Waals surface area (Å²) in [6.45, 7) is -0.0386. The van der Waals surface area contributed by atoms with Crippen LogP contribution in [-0.4, -0.2) is 29.4 Å². The number of carbonyl (C=O) groups excluding carboxylic acids is 2. The molecular formula is C22H24ClFN2O3. The third-order valence-electron chi connectivity index (χ3n) is 5.16. The highest BCUT2D eigenvalue weighted by Crippen LogP contribution is 2.25. The number of amides is 1. The van der Waals surface area contributed by atoms with Crippen molar-refractivity contribution in [3.8, 4) is 0 Å². The van der Waals surface area contributed by atoms with E-state index in [9.17, 15) is 14.0 Å². The second kappa shape index (κ2) is 9.74. The van der Waals surface area contributed by atoms with Gasteiger partial charge in [0.15, 0.2) is 6.61 Å². The zero-order valence-corrected chi connectivity index (χ0v) is 16.8. The number of hydrogen-bond donors (Lipinski definition) is 1. The minimum absolute atomic E-state index is 0.0799. The van der Waals surface area contributed by atoms with Crippen LogP contribution in [0.25, 0.3) is 0 Å². The monoisotopic (exact) mass is 418 g/mol. The maximum Gasteiger partial charge on any atom is 0.340 e. The number of benzene rings is 2. The first-order valence-electron chi connectivity index (χ1n) is 9.70. The summed E-state index contributed by atoms with van der Waals surface area (Å²) in [7, 11) is 0. The Morgan fingerprint density at radius 3 is 2.48 bits per heavy atom. The Hall–Kier alpha value is -2.60. The number of esters is 1. The van der Waals surface area contributed by atoms with Gasteiger partial charge in [-0.25, -0.2) is 9.18 Å². The van der Waals surface area contributed by atoms with Crippen molar-refractivity contribution in [1.82, 2.24) is 4.90 Å². The number of ether oxygens (including phenoxy) is 1. The lowest BCUT2D eigenvalue weighted by molar-refractivity contribution is -0.138. The van der Waals surface area contributed by atoms with E-state index >= 15 is 0 Å². The molecule has 2 aromatic rings. The van der Waals surface area contributed by atoms with Gasteiger partial charge in [0.25, 0.3) is 5.91 Å². The molecule has 1 saturated carbocycles. The van der Waals surface area contributed by atoms with E-state index in [-0.39, 0.29) is 35.6 Å². The van der Waals surface area contributed by atoms with Crippen molar-refractivity contribution in [3.05, 3.63) is 64.4 Å². The van der Waals surface area contributed by atoms with Crippen LogP contribution in [0.15, 0.2) is 42.5 Å². The van der Waals surface area contributed by atoms with E-state index in [4.69, 9.17) is 22.1 Å². The lowest BCUT2D eigenvalue weighted by atomic mass is 9.93. The first-order chi connectivity index (χ1) is 13.9. The average molecular weight is 419 g/mol. The number of anilines is 1. The van der Waals surface area contributed by atoms with Crippen molar-refractivity contribution < 1.29 is 18.7 Å². The first kappa shape index (κ1) is 21.1. The molecule has 154 valence electrons. The molecule has 5 nitrogen and oxygen atoms in total. The molecule has 0 heterocycles. The Bertz CT molecular complexity index is 867. The number of hydrogen-bond acceptors (Lipinski definition) is 4. The highest BCUT2D eigenvalue weighted by Gasteiger charge is 2.26. The molecule has 7 heteroatoms. The van der Waals surface area contributed by atoms with Crippen LogP contribution in [0, 0.1) is 5.82 Å². The van der Waals surface area contributed by atoms with Crippen LogP contribution in [0.1, 0.15) is 48.0 Å². The molecule has 0 saturated heterocycles. The lowest BCUT2D eigenvalue weighted by Crippen LogP contribution is -2.43. The Kier molecular flexibility index (Phi) is 7.09. The van der Waals surface area contributed by atoms with Crippen LogP contribution in [0.4, 0.5) is 10.1 Å². The van der Waals surface area contributed by atoms with E-state index in [1.54, 1.807) is 23.1 Å². The number of carbonyl (C=O) groups is 2. The van der Waals surface area contributed by atoms with Crippen molar-refractivity contribution in [2.75, 3.05) is 12.3 Å². The average Bonchev–Trinajstić information content (AvgIpc) is 2.73. The molecule has 1 aliphatic carbocycles. The van der Waals surface area contributed by atoms with Gasteiger partial charge >= 0.3 is 5.97 Å². The van der Waals surface area contributed by atoms with Gasteiger partial charge in [0.1, 0.15) is 5.82 Å². The van der Waals surface area contributed by atoms with Crippen LogP contribution >= 0.6 is 11.6 Å². The van der Waals surface area contributed by atoms with E-state index in [1.807, 2.05) is 0 Å². The van der Waals surface area contributed by atoms with Crippen LogP contribution in [0.2, 0.25) is 5.02 Å². The van der Waals surface area contributed by atoms with Crippen molar-refractivity contribution in [2.24, 2.45) is 0 Å². The maximum absolute atomic E-state index is 13.2. The minimum atomic E-state index is -0.691.